The van der Waals surface area contributed by atoms with Crippen LogP contribution in [0.25, 0.3) is 0 Å². The van der Waals surface area contributed by atoms with E-state index >= 15 is 0 Å². The van der Waals surface area contributed by atoms with Gasteiger partial charge in [-0.25, -0.2) is 18.0 Å². The van der Waals surface area contributed by atoms with Crippen LogP contribution in [0.2, 0.25) is 0 Å². The number of nitrogens with zero attached hydrogens (tertiary/aromatic N) is 3. The molecule has 4 rings (SSSR count). The number of urea groups is 1. The van der Waals surface area contributed by atoms with Gasteiger partial charge in [0.2, 0.25) is 5.88 Å². The van der Waals surface area contributed by atoms with Crippen molar-refractivity contribution in [2.75, 3.05) is 18.1 Å². The molecule has 0 bridgehead atoms. The Morgan fingerprint density at radius 2 is 1.74 bits per heavy atom. The van der Waals surface area contributed by atoms with Gasteiger partial charge in [0.1, 0.15) is 16.9 Å². The summed E-state index contributed by atoms with van der Waals surface area (Å²) in [5, 5.41) is 20.7. The van der Waals surface area contributed by atoms with Crippen LogP contribution < -0.4 is 22.3 Å². The number of amidine groups is 1. The first-order valence-corrected chi connectivity index (χ1v) is 14.8. The van der Waals surface area contributed by atoms with Crippen LogP contribution in [0.3, 0.4) is 0 Å². The Morgan fingerprint density at radius 3 is 2.29 bits per heavy atom. The van der Waals surface area contributed by atoms with Gasteiger partial charge in [-0.2, -0.15) is 0 Å². The van der Waals surface area contributed by atoms with Gasteiger partial charge in [0, 0.05) is 19.1 Å². The molecule has 2 aliphatic heterocycles. The maximum atomic E-state index is 13.3. The third-order valence-electron chi connectivity index (χ3n) is 8.48. The van der Waals surface area contributed by atoms with Crippen molar-refractivity contribution in [1.29, 1.82) is 5.41 Å². The van der Waals surface area contributed by atoms with Gasteiger partial charge in [-0.15, -0.1) is 0 Å². The summed E-state index contributed by atoms with van der Waals surface area (Å²) in [6.45, 7) is 4.33. The lowest BCUT2D eigenvalue weighted by atomic mass is 9.72. The molecule has 0 unspecified atom stereocenters. The molecule has 14 heteroatoms. The summed E-state index contributed by atoms with van der Waals surface area (Å²) in [7, 11) is -3.25. The Labute approximate surface area is 220 Å². The SMILES string of the molecule is CCCCn1c(O)c(C(=N)N)c(=O)n(C2CCC(C)(CN3C(=O)NC(=O)C34CCS(=O)(=O)CC4)CC2)c1=O. The standard InChI is InChI=1S/C24H36N6O7S/c1-3-4-11-28-18(31)16(17(25)26)19(32)30(22(28)35)15-5-7-23(2,8-6-15)14-29-21(34)27-20(33)24(29)9-12-38(36,37)13-10-24/h15,31H,3-14H2,1-2H3,(H3,25,26)(H,27,33,34). The zero-order chi connectivity index (χ0) is 28.0. The average Bonchev–Trinajstić information content (AvgIpc) is 3.05. The smallest absolute Gasteiger partial charge is 0.334 e. The number of carbonyl (C=O) groups is 2. The average molecular weight is 553 g/mol. The molecule has 3 heterocycles. The molecule has 1 spiro atoms. The normalized spacial score (nSPS) is 26.5. The highest BCUT2D eigenvalue weighted by Crippen LogP contribution is 2.44. The molecule has 13 nitrogen and oxygen atoms in total. The van der Waals surface area contributed by atoms with Gasteiger partial charge in [-0.1, -0.05) is 20.3 Å². The fourth-order valence-corrected chi connectivity index (χ4v) is 7.53. The van der Waals surface area contributed by atoms with Crippen LogP contribution >= 0.6 is 0 Å². The molecule has 3 fully saturated rings. The second-order valence-electron chi connectivity index (χ2n) is 11.1. The van der Waals surface area contributed by atoms with E-state index in [0.29, 0.717) is 32.1 Å². The van der Waals surface area contributed by atoms with Crippen molar-refractivity contribution in [3.63, 3.8) is 0 Å². The summed E-state index contributed by atoms with van der Waals surface area (Å²) in [6.07, 6.45) is 3.35. The third-order valence-corrected chi connectivity index (χ3v) is 10.1. The number of nitrogen functional groups attached to an aromatic ring is 1. The van der Waals surface area contributed by atoms with Crippen molar-refractivity contribution in [2.24, 2.45) is 11.1 Å². The number of unbranched alkanes of at least 4 members (excludes halogenated alkanes) is 1. The number of rotatable bonds is 7. The fourth-order valence-electron chi connectivity index (χ4n) is 6.03. The molecule has 0 aromatic carbocycles. The van der Waals surface area contributed by atoms with Gasteiger partial charge < -0.3 is 15.7 Å². The van der Waals surface area contributed by atoms with Crippen LogP contribution in [-0.2, 0) is 21.2 Å². The van der Waals surface area contributed by atoms with E-state index < -0.39 is 67.3 Å². The van der Waals surface area contributed by atoms with E-state index in [1.54, 1.807) is 0 Å². The summed E-state index contributed by atoms with van der Waals surface area (Å²) in [5.41, 5.74) is 2.13. The van der Waals surface area contributed by atoms with E-state index in [-0.39, 0.29) is 37.4 Å². The molecule has 3 amide bonds. The van der Waals surface area contributed by atoms with Gasteiger partial charge in [0.05, 0.1) is 11.5 Å². The lowest BCUT2D eigenvalue weighted by molar-refractivity contribution is -0.127. The maximum absolute atomic E-state index is 13.3. The van der Waals surface area contributed by atoms with Crippen molar-refractivity contribution < 1.29 is 23.1 Å². The van der Waals surface area contributed by atoms with E-state index in [1.807, 2.05) is 13.8 Å². The van der Waals surface area contributed by atoms with Crippen molar-refractivity contribution >= 4 is 27.6 Å². The molecule has 0 atom stereocenters. The largest absolute Gasteiger partial charge is 0.494 e. The van der Waals surface area contributed by atoms with Crippen molar-refractivity contribution in [2.45, 2.75) is 83.3 Å². The van der Waals surface area contributed by atoms with E-state index in [9.17, 15) is 32.7 Å². The van der Waals surface area contributed by atoms with Crippen LogP contribution in [0.5, 0.6) is 5.88 Å². The van der Waals surface area contributed by atoms with E-state index in [4.69, 9.17) is 11.1 Å². The molecule has 1 aromatic heterocycles. The van der Waals surface area contributed by atoms with Crippen molar-refractivity contribution in [3.05, 3.63) is 26.4 Å². The number of nitrogens with one attached hydrogen (secondary N) is 2. The molecular formula is C24H36N6O7S. The summed E-state index contributed by atoms with van der Waals surface area (Å²) >= 11 is 0. The number of hydrogen-bond donors (Lipinski definition) is 4. The van der Waals surface area contributed by atoms with Crippen LogP contribution in [0.4, 0.5) is 4.79 Å². The molecule has 3 aliphatic rings. The Morgan fingerprint density at radius 1 is 1.13 bits per heavy atom. The Balaban J connectivity index is 1.58. The van der Waals surface area contributed by atoms with Gasteiger partial charge in [-0.3, -0.25) is 29.4 Å². The number of amides is 3. The number of imide groups is 1. The molecular weight excluding hydrogens is 516 g/mol. The molecule has 210 valence electrons. The number of sulfone groups is 1. The summed E-state index contributed by atoms with van der Waals surface area (Å²) in [6, 6.07) is -1.02. The summed E-state index contributed by atoms with van der Waals surface area (Å²) in [4.78, 5) is 53.5. The topological polar surface area (TPSA) is 198 Å². The second-order valence-corrected chi connectivity index (χ2v) is 13.4. The van der Waals surface area contributed by atoms with E-state index in [0.717, 1.165) is 15.6 Å². The fraction of sp³-hybridized carbons (Fsp3) is 0.708. The minimum atomic E-state index is -3.25. The predicted molar refractivity (Wildman–Crippen MR) is 139 cm³/mol. The molecule has 0 radical (unpaired) electrons. The number of carbonyl (C=O) groups excluding carboxylic acids is 2. The van der Waals surface area contributed by atoms with Crippen molar-refractivity contribution in [1.82, 2.24) is 19.4 Å². The summed E-state index contributed by atoms with van der Waals surface area (Å²) < 4.78 is 26.2. The Bertz CT molecular complexity index is 1370. The molecule has 1 saturated carbocycles. The van der Waals surface area contributed by atoms with Gasteiger partial charge in [-0.05, 0) is 50.4 Å². The highest BCUT2D eigenvalue weighted by Gasteiger charge is 2.56. The zero-order valence-corrected chi connectivity index (χ0v) is 22.6. The van der Waals surface area contributed by atoms with Crippen LogP contribution in [-0.4, -0.2) is 68.9 Å². The molecule has 5 N–H and O–H groups in total. The zero-order valence-electron chi connectivity index (χ0n) is 21.8. The highest BCUT2D eigenvalue weighted by atomic mass is 32.2. The quantitative estimate of drug-likeness (QED) is 0.212. The van der Waals surface area contributed by atoms with E-state index in [1.165, 1.54) is 4.90 Å². The van der Waals surface area contributed by atoms with E-state index in [2.05, 4.69) is 5.32 Å². The van der Waals surface area contributed by atoms with Crippen LogP contribution in [0.1, 0.15) is 76.8 Å². The number of aromatic hydroxyl groups is 1. The van der Waals surface area contributed by atoms with Gasteiger partial charge in [0.25, 0.3) is 11.5 Å². The highest BCUT2D eigenvalue weighted by molar-refractivity contribution is 7.91. The van der Waals surface area contributed by atoms with Crippen LogP contribution in [0, 0.1) is 10.8 Å². The molecule has 1 aromatic rings. The lowest BCUT2D eigenvalue weighted by Crippen LogP contribution is -2.57. The molecule has 1 aliphatic carbocycles. The number of hydrogen-bond acceptors (Lipinski definition) is 8. The first-order valence-electron chi connectivity index (χ1n) is 13.0. The molecule has 38 heavy (non-hydrogen) atoms. The lowest BCUT2D eigenvalue weighted by Gasteiger charge is -2.45. The minimum absolute atomic E-state index is 0.0552. The second kappa shape index (κ2) is 9.86. The maximum Gasteiger partial charge on any atom is 0.334 e. The summed E-state index contributed by atoms with van der Waals surface area (Å²) in [5.74, 6) is -1.99. The van der Waals surface area contributed by atoms with Gasteiger partial charge >= 0.3 is 11.7 Å². The number of nitrogens with two attached hydrogens (primary N) is 1. The first kappa shape index (κ1) is 27.9. The minimum Gasteiger partial charge on any atom is -0.494 e. The van der Waals surface area contributed by atoms with Crippen LogP contribution in [0.15, 0.2) is 9.59 Å². The Kier molecular flexibility index (Phi) is 7.23. The molecule has 2 saturated heterocycles. The van der Waals surface area contributed by atoms with Crippen molar-refractivity contribution in [3.8, 4) is 5.88 Å². The number of aromatic nitrogens is 2. The Hall–Kier alpha value is -3.16. The van der Waals surface area contributed by atoms with Gasteiger partial charge in [0.15, 0.2) is 9.84 Å². The first-order chi connectivity index (χ1) is 17.8. The monoisotopic (exact) mass is 552 g/mol. The third kappa shape index (κ3) is 4.74. The predicted octanol–water partition coefficient (Wildman–Crippen LogP) is 0.420.